The molecule has 0 aliphatic carbocycles. The Bertz CT molecular complexity index is 1910. The van der Waals surface area contributed by atoms with Gasteiger partial charge >= 0.3 is 17.8 Å². The fraction of sp³-hybridized carbons (Fsp3) is 0.171. The number of aromatic nitrogens is 4. The van der Waals surface area contributed by atoms with E-state index in [1.165, 1.54) is 29.2 Å². The first-order valence-electron chi connectivity index (χ1n) is 14.9. The third-order valence-corrected chi connectivity index (χ3v) is 7.15. The van der Waals surface area contributed by atoms with Gasteiger partial charge in [0.05, 0.1) is 16.9 Å². The molecule has 4 aromatic carbocycles. The number of hydrogen-bond acceptors (Lipinski definition) is 8. The average molecular weight is 666 g/mol. The molecule has 1 heterocycles. The molecule has 0 radical (unpaired) electrons. The van der Waals surface area contributed by atoms with Gasteiger partial charge in [0, 0.05) is 17.1 Å². The number of carbonyl (C=O) groups is 4. The second-order valence-electron chi connectivity index (χ2n) is 11.7. The predicted molar refractivity (Wildman–Crippen MR) is 181 cm³/mol. The van der Waals surface area contributed by atoms with Crippen molar-refractivity contribution in [2.24, 2.45) is 0 Å². The Morgan fingerprint density at radius 3 is 2.17 bits per heavy atom. The third-order valence-electron chi connectivity index (χ3n) is 6.92. The highest BCUT2D eigenvalue weighted by atomic mass is 35.5. The van der Waals surface area contributed by atoms with E-state index in [0.717, 1.165) is 16.7 Å². The van der Waals surface area contributed by atoms with Crippen molar-refractivity contribution in [2.75, 3.05) is 10.6 Å². The molecule has 0 bridgehead atoms. The van der Waals surface area contributed by atoms with Gasteiger partial charge < -0.3 is 20.7 Å². The van der Waals surface area contributed by atoms with E-state index in [1.54, 1.807) is 45.0 Å². The lowest BCUT2D eigenvalue weighted by atomic mass is 10.00. The molecule has 0 fully saturated rings. The van der Waals surface area contributed by atoms with Crippen molar-refractivity contribution >= 4 is 46.7 Å². The van der Waals surface area contributed by atoms with Gasteiger partial charge in [0.15, 0.2) is 0 Å². The SMILES string of the molecule is CC(C)(C)OC(=O)c1ccc(NC(=O)[C@H](Cc2ccc(-c3ccccc3)cc2)NC(=O)C(=O)Nc2cc(Cl)ccc2-n2cnnn2)cc1. The Balaban J connectivity index is 1.34. The zero-order valence-corrected chi connectivity index (χ0v) is 27.1. The van der Waals surface area contributed by atoms with Crippen molar-refractivity contribution < 1.29 is 23.9 Å². The molecule has 244 valence electrons. The standard InChI is InChI=1S/C35H32ClN7O5/c1-35(2,3)48-34(47)25-13-16-27(17-14-25)38-31(44)29(19-22-9-11-24(12-10-22)23-7-5-4-6-8-23)40-33(46)32(45)39-28-20-26(36)15-18-30(28)43-21-37-41-42-43/h4-18,20-21,29H,19H2,1-3H3,(H,38,44)(H,39,45)(H,40,46)/t29-/m0/s1. The molecular formula is C35H32ClN7O5. The van der Waals surface area contributed by atoms with Crippen LogP contribution in [0, 0.1) is 0 Å². The summed E-state index contributed by atoms with van der Waals surface area (Å²) in [5.41, 5.74) is 3.32. The van der Waals surface area contributed by atoms with Gasteiger partial charge in [-0.3, -0.25) is 14.4 Å². The molecular weight excluding hydrogens is 634 g/mol. The van der Waals surface area contributed by atoms with E-state index in [1.807, 2.05) is 54.6 Å². The average Bonchev–Trinajstić information content (AvgIpc) is 3.60. The molecule has 5 aromatic rings. The normalized spacial score (nSPS) is 11.7. The van der Waals surface area contributed by atoms with Crippen molar-refractivity contribution in [3.05, 3.63) is 120 Å². The number of halogens is 1. The molecule has 0 saturated carbocycles. The summed E-state index contributed by atoms with van der Waals surface area (Å²) >= 11 is 6.15. The number of nitrogens with one attached hydrogen (secondary N) is 3. The zero-order valence-electron chi connectivity index (χ0n) is 26.3. The smallest absolute Gasteiger partial charge is 0.338 e. The number of hydrogen-bond donors (Lipinski definition) is 3. The predicted octanol–water partition coefficient (Wildman–Crippen LogP) is 5.24. The van der Waals surface area contributed by atoms with E-state index < -0.39 is 35.3 Å². The molecule has 0 aliphatic rings. The lowest BCUT2D eigenvalue weighted by Gasteiger charge is -2.20. The minimum Gasteiger partial charge on any atom is -0.456 e. The van der Waals surface area contributed by atoms with E-state index >= 15 is 0 Å². The van der Waals surface area contributed by atoms with Gasteiger partial charge in [-0.15, -0.1) is 5.10 Å². The molecule has 12 nitrogen and oxygen atoms in total. The van der Waals surface area contributed by atoms with Gasteiger partial charge in [0.1, 0.15) is 18.0 Å². The topological polar surface area (TPSA) is 157 Å². The minimum absolute atomic E-state index is 0.0724. The summed E-state index contributed by atoms with van der Waals surface area (Å²) in [7, 11) is 0. The molecule has 48 heavy (non-hydrogen) atoms. The quantitative estimate of drug-likeness (QED) is 0.142. The van der Waals surface area contributed by atoms with Crippen molar-refractivity contribution in [3.63, 3.8) is 0 Å². The van der Waals surface area contributed by atoms with Crippen LogP contribution in [0.2, 0.25) is 5.02 Å². The zero-order chi connectivity index (χ0) is 34.3. The fourth-order valence-corrected chi connectivity index (χ4v) is 4.82. The van der Waals surface area contributed by atoms with Crippen LogP contribution in [-0.4, -0.2) is 55.5 Å². The number of ether oxygens (including phenoxy) is 1. The van der Waals surface area contributed by atoms with E-state index in [9.17, 15) is 19.2 Å². The summed E-state index contributed by atoms with van der Waals surface area (Å²) in [6.07, 6.45) is 1.39. The Labute approximate surface area is 281 Å². The van der Waals surface area contributed by atoms with Crippen LogP contribution in [0.15, 0.2) is 103 Å². The number of nitrogens with zero attached hydrogens (tertiary/aromatic N) is 4. The maximum Gasteiger partial charge on any atom is 0.338 e. The highest BCUT2D eigenvalue weighted by Gasteiger charge is 2.26. The van der Waals surface area contributed by atoms with Gasteiger partial charge in [0.2, 0.25) is 5.91 Å². The molecule has 0 spiro atoms. The van der Waals surface area contributed by atoms with Gasteiger partial charge in [-0.2, -0.15) is 4.68 Å². The van der Waals surface area contributed by atoms with Gasteiger partial charge in [-0.1, -0.05) is 66.2 Å². The Kier molecular flexibility index (Phi) is 10.2. The van der Waals surface area contributed by atoms with Crippen molar-refractivity contribution in [1.82, 2.24) is 25.5 Å². The van der Waals surface area contributed by atoms with Crippen LogP contribution < -0.4 is 16.0 Å². The molecule has 3 N–H and O–H groups in total. The number of amides is 3. The highest BCUT2D eigenvalue weighted by Crippen LogP contribution is 2.24. The first-order valence-corrected chi connectivity index (χ1v) is 15.3. The monoisotopic (exact) mass is 665 g/mol. The number of tetrazole rings is 1. The van der Waals surface area contributed by atoms with E-state index in [0.29, 0.717) is 22.0 Å². The number of carbonyl (C=O) groups excluding carboxylic acids is 4. The summed E-state index contributed by atoms with van der Waals surface area (Å²) in [4.78, 5) is 52.4. The lowest BCUT2D eigenvalue weighted by Crippen LogP contribution is -2.49. The van der Waals surface area contributed by atoms with Crippen LogP contribution in [-0.2, 0) is 25.5 Å². The number of esters is 1. The number of benzene rings is 4. The first kappa shape index (κ1) is 33.5. The minimum atomic E-state index is -1.16. The first-order chi connectivity index (χ1) is 22.9. The van der Waals surface area contributed by atoms with Crippen LogP contribution in [0.3, 0.4) is 0 Å². The maximum atomic E-state index is 13.6. The van der Waals surface area contributed by atoms with E-state index in [4.69, 9.17) is 16.3 Å². The molecule has 1 aromatic heterocycles. The Morgan fingerprint density at radius 1 is 0.833 bits per heavy atom. The molecule has 0 saturated heterocycles. The Morgan fingerprint density at radius 2 is 1.52 bits per heavy atom. The fourth-order valence-electron chi connectivity index (χ4n) is 4.65. The maximum absolute atomic E-state index is 13.6. The third kappa shape index (κ3) is 8.89. The van der Waals surface area contributed by atoms with Crippen LogP contribution in [0.5, 0.6) is 0 Å². The molecule has 0 aliphatic heterocycles. The van der Waals surface area contributed by atoms with Crippen LogP contribution in [0.25, 0.3) is 16.8 Å². The van der Waals surface area contributed by atoms with Crippen LogP contribution in [0.4, 0.5) is 11.4 Å². The highest BCUT2D eigenvalue weighted by molar-refractivity contribution is 6.40. The van der Waals surface area contributed by atoms with Gasteiger partial charge in [-0.25, -0.2) is 4.79 Å². The lowest BCUT2D eigenvalue weighted by molar-refractivity contribution is -0.137. The summed E-state index contributed by atoms with van der Waals surface area (Å²) in [6, 6.07) is 27.0. The molecule has 5 rings (SSSR count). The van der Waals surface area contributed by atoms with Gasteiger partial charge in [0.25, 0.3) is 0 Å². The molecule has 1 atom stereocenters. The van der Waals surface area contributed by atoms with Gasteiger partial charge in [-0.05, 0) is 90.4 Å². The number of rotatable bonds is 9. The number of anilines is 2. The Hall–Kier alpha value is -5.88. The van der Waals surface area contributed by atoms with Crippen LogP contribution >= 0.6 is 11.6 Å². The van der Waals surface area contributed by atoms with Crippen molar-refractivity contribution in [3.8, 4) is 16.8 Å². The molecule has 0 unspecified atom stereocenters. The van der Waals surface area contributed by atoms with Crippen LogP contribution in [0.1, 0.15) is 36.7 Å². The summed E-state index contributed by atoms with van der Waals surface area (Å²) in [5, 5.41) is 19.2. The molecule has 3 amide bonds. The van der Waals surface area contributed by atoms with Crippen molar-refractivity contribution in [2.45, 2.75) is 38.8 Å². The molecule has 13 heteroatoms. The van der Waals surface area contributed by atoms with E-state index in [-0.39, 0.29) is 12.1 Å². The van der Waals surface area contributed by atoms with E-state index in [2.05, 4.69) is 31.5 Å². The van der Waals surface area contributed by atoms with Crippen molar-refractivity contribution in [1.29, 1.82) is 0 Å². The summed E-state index contributed by atoms with van der Waals surface area (Å²) in [6.45, 7) is 5.31. The summed E-state index contributed by atoms with van der Waals surface area (Å²) < 4.78 is 6.70. The second-order valence-corrected chi connectivity index (χ2v) is 12.2. The summed E-state index contributed by atoms with van der Waals surface area (Å²) in [5.74, 6) is -3.17. The second kappa shape index (κ2) is 14.7. The largest absolute Gasteiger partial charge is 0.456 e.